The van der Waals surface area contributed by atoms with E-state index in [9.17, 15) is 4.79 Å². The van der Waals surface area contributed by atoms with Gasteiger partial charge in [0.1, 0.15) is 10.5 Å². The van der Waals surface area contributed by atoms with Crippen LogP contribution in [0.1, 0.15) is 12.6 Å². The number of nitrogens with zero attached hydrogens (tertiary/aromatic N) is 3. The maximum atomic E-state index is 11.3. The third-order valence-corrected chi connectivity index (χ3v) is 2.71. The van der Waals surface area contributed by atoms with Crippen molar-refractivity contribution in [3.63, 3.8) is 0 Å². The molecule has 0 aliphatic heterocycles. The monoisotopic (exact) mass is 269 g/mol. The molecule has 2 aromatic heterocycles. The molecule has 96 valence electrons. The third kappa shape index (κ3) is 2.11. The minimum absolute atomic E-state index is 0.182. The van der Waals surface area contributed by atoms with Gasteiger partial charge in [-0.2, -0.15) is 0 Å². The van der Waals surface area contributed by atoms with Gasteiger partial charge >= 0.3 is 6.16 Å². The van der Waals surface area contributed by atoms with Crippen molar-refractivity contribution in [2.24, 2.45) is 7.05 Å². The fourth-order valence-corrected chi connectivity index (χ4v) is 1.84. The molecule has 2 heterocycles. The summed E-state index contributed by atoms with van der Waals surface area (Å²) in [5, 5.41) is 0.256. The fourth-order valence-electron chi connectivity index (χ4n) is 1.54. The van der Waals surface area contributed by atoms with E-state index in [1.807, 2.05) is 7.05 Å². The fraction of sp³-hybridized carbons (Fsp3) is 0.364. The van der Waals surface area contributed by atoms with Crippen LogP contribution in [-0.4, -0.2) is 27.3 Å². The number of hydrogen-bond donors (Lipinski definition) is 0. The lowest BCUT2D eigenvalue weighted by Gasteiger charge is -2.08. The largest absolute Gasteiger partial charge is 0.513 e. The summed E-state index contributed by atoms with van der Waals surface area (Å²) in [6, 6.07) is 0. The molecule has 18 heavy (non-hydrogen) atoms. The molecule has 0 amide bonds. The van der Waals surface area contributed by atoms with Crippen molar-refractivity contribution in [2.75, 3.05) is 6.61 Å². The predicted octanol–water partition coefficient (Wildman–Crippen LogP) is 2.47. The van der Waals surface area contributed by atoms with E-state index in [1.54, 1.807) is 24.7 Å². The van der Waals surface area contributed by atoms with E-state index in [0.717, 1.165) is 0 Å². The molecule has 0 aromatic carbocycles. The third-order valence-electron chi connectivity index (χ3n) is 2.36. The Morgan fingerprint density at radius 3 is 2.94 bits per heavy atom. The predicted molar refractivity (Wildman–Crippen MR) is 65.9 cm³/mol. The number of pyridine rings is 1. The summed E-state index contributed by atoms with van der Waals surface area (Å²) in [7, 11) is 1.81. The zero-order valence-electron chi connectivity index (χ0n) is 10.2. The number of rotatable bonds is 2. The number of aromatic nitrogens is 3. The first-order valence-electron chi connectivity index (χ1n) is 5.36. The second-order valence-corrected chi connectivity index (χ2v) is 4.03. The molecule has 0 saturated heterocycles. The Bertz CT molecular complexity index is 609. The SMILES string of the molecule is CCOC(=O)Oc1c(C)nc2c(ncn2C)c1Cl. The summed E-state index contributed by atoms with van der Waals surface area (Å²) in [6.07, 6.45) is 0.788. The first-order chi connectivity index (χ1) is 8.54. The Morgan fingerprint density at radius 2 is 2.28 bits per heavy atom. The van der Waals surface area contributed by atoms with Crippen LogP contribution < -0.4 is 4.74 Å². The van der Waals surface area contributed by atoms with E-state index in [4.69, 9.17) is 21.1 Å². The van der Waals surface area contributed by atoms with Crippen LogP contribution in [0.15, 0.2) is 6.33 Å². The number of imidazole rings is 1. The second-order valence-electron chi connectivity index (χ2n) is 3.65. The zero-order valence-corrected chi connectivity index (χ0v) is 11.0. The van der Waals surface area contributed by atoms with Crippen LogP contribution in [-0.2, 0) is 11.8 Å². The molecular weight excluding hydrogens is 258 g/mol. The minimum Gasteiger partial charge on any atom is -0.434 e. The van der Waals surface area contributed by atoms with Gasteiger partial charge < -0.3 is 14.0 Å². The molecule has 0 atom stereocenters. The highest BCUT2D eigenvalue weighted by atomic mass is 35.5. The normalized spacial score (nSPS) is 10.7. The lowest BCUT2D eigenvalue weighted by atomic mass is 10.3. The van der Waals surface area contributed by atoms with Crippen LogP contribution in [0, 0.1) is 6.92 Å². The molecule has 7 heteroatoms. The highest BCUT2D eigenvalue weighted by Crippen LogP contribution is 2.33. The molecule has 0 spiro atoms. The van der Waals surface area contributed by atoms with E-state index in [0.29, 0.717) is 16.9 Å². The Hall–Kier alpha value is -1.82. The quantitative estimate of drug-likeness (QED) is 0.784. The molecular formula is C11H12ClN3O3. The summed E-state index contributed by atoms with van der Waals surface area (Å²) < 4.78 is 11.5. The Morgan fingerprint density at radius 1 is 1.56 bits per heavy atom. The molecule has 0 saturated carbocycles. The lowest BCUT2D eigenvalue weighted by molar-refractivity contribution is 0.104. The second kappa shape index (κ2) is 4.81. The Balaban J connectivity index is 2.47. The molecule has 6 nitrogen and oxygen atoms in total. The van der Waals surface area contributed by atoms with Crippen molar-refractivity contribution in [3.8, 4) is 5.75 Å². The molecule has 2 aromatic rings. The standard InChI is InChI=1S/C11H12ClN3O3/c1-4-17-11(16)18-9-6(2)14-10-8(7(9)12)13-5-15(10)3/h5H,4H2,1-3H3. The molecule has 0 fully saturated rings. The van der Waals surface area contributed by atoms with E-state index >= 15 is 0 Å². The highest BCUT2D eigenvalue weighted by molar-refractivity contribution is 6.36. The summed E-state index contributed by atoms with van der Waals surface area (Å²) >= 11 is 6.16. The topological polar surface area (TPSA) is 66.2 Å². The van der Waals surface area contributed by atoms with Crippen LogP contribution in [0.25, 0.3) is 11.2 Å². The molecule has 0 aliphatic rings. The highest BCUT2D eigenvalue weighted by Gasteiger charge is 2.18. The summed E-state index contributed by atoms with van der Waals surface area (Å²) in [6.45, 7) is 3.62. The van der Waals surface area contributed by atoms with E-state index < -0.39 is 6.16 Å². The maximum Gasteiger partial charge on any atom is 0.513 e. The smallest absolute Gasteiger partial charge is 0.434 e. The van der Waals surface area contributed by atoms with Gasteiger partial charge in [-0.15, -0.1) is 0 Å². The van der Waals surface area contributed by atoms with Gasteiger partial charge in [-0.05, 0) is 13.8 Å². The van der Waals surface area contributed by atoms with E-state index in [2.05, 4.69) is 9.97 Å². The molecule has 0 aliphatic carbocycles. The van der Waals surface area contributed by atoms with Crippen molar-refractivity contribution >= 4 is 28.9 Å². The van der Waals surface area contributed by atoms with Crippen LogP contribution >= 0.6 is 11.6 Å². The maximum absolute atomic E-state index is 11.3. The van der Waals surface area contributed by atoms with Crippen LogP contribution in [0.4, 0.5) is 4.79 Å². The van der Waals surface area contributed by atoms with Gasteiger partial charge in [-0.1, -0.05) is 11.6 Å². The van der Waals surface area contributed by atoms with Crippen molar-refractivity contribution < 1.29 is 14.3 Å². The van der Waals surface area contributed by atoms with Gasteiger partial charge in [0.05, 0.1) is 18.6 Å². The molecule has 0 radical (unpaired) electrons. The van der Waals surface area contributed by atoms with Crippen LogP contribution in [0.2, 0.25) is 5.02 Å². The van der Waals surface area contributed by atoms with Gasteiger partial charge in [-0.25, -0.2) is 14.8 Å². The number of hydrogen-bond acceptors (Lipinski definition) is 5. The van der Waals surface area contributed by atoms with Crippen molar-refractivity contribution in [1.82, 2.24) is 14.5 Å². The van der Waals surface area contributed by atoms with Gasteiger partial charge in [0.2, 0.25) is 0 Å². The minimum atomic E-state index is -0.806. The molecule has 0 bridgehead atoms. The number of ether oxygens (including phenoxy) is 2. The van der Waals surface area contributed by atoms with Gasteiger partial charge in [0.15, 0.2) is 11.4 Å². The van der Waals surface area contributed by atoms with Gasteiger partial charge in [-0.3, -0.25) is 0 Å². The number of carbonyl (C=O) groups excluding carboxylic acids is 1. The number of fused-ring (bicyclic) bond motifs is 1. The molecule has 0 N–H and O–H groups in total. The van der Waals surface area contributed by atoms with E-state index in [1.165, 1.54) is 0 Å². The summed E-state index contributed by atoms with van der Waals surface area (Å²) in [5.41, 5.74) is 1.63. The number of carbonyl (C=O) groups is 1. The first-order valence-corrected chi connectivity index (χ1v) is 5.74. The van der Waals surface area contributed by atoms with Crippen molar-refractivity contribution in [3.05, 3.63) is 17.0 Å². The van der Waals surface area contributed by atoms with Crippen molar-refractivity contribution in [2.45, 2.75) is 13.8 Å². The van der Waals surface area contributed by atoms with Crippen LogP contribution in [0.5, 0.6) is 5.75 Å². The zero-order chi connectivity index (χ0) is 13.3. The Kier molecular flexibility index (Phi) is 3.38. The molecule has 2 rings (SSSR count). The van der Waals surface area contributed by atoms with Gasteiger partial charge in [0, 0.05) is 7.05 Å². The number of halogens is 1. The molecule has 0 unspecified atom stereocenters. The summed E-state index contributed by atoms with van der Waals surface area (Å²) in [4.78, 5) is 19.7. The number of aryl methyl sites for hydroxylation is 2. The van der Waals surface area contributed by atoms with Crippen molar-refractivity contribution in [1.29, 1.82) is 0 Å². The van der Waals surface area contributed by atoms with Gasteiger partial charge in [0.25, 0.3) is 0 Å². The first kappa shape index (κ1) is 12.6. The Labute approximate surface area is 108 Å². The lowest BCUT2D eigenvalue weighted by Crippen LogP contribution is -2.12. The summed E-state index contributed by atoms with van der Waals surface area (Å²) in [5.74, 6) is 0.182. The van der Waals surface area contributed by atoms with E-state index in [-0.39, 0.29) is 17.4 Å². The average Bonchev–Trinajstić information content (AvgIpc) is 2.67. The average molecular weight is 270 g/mol. The van der Waals surface area contributed by atoms with Crippen LogP contribution in [0.3, 0.4) is 0 Å².